The van der Waals surface area contributed by atoms with Gasteiger partial charge in [-0.25, -0.2) is 9.78 Å². The largest absolute Gasteiger partial charge is 0.441 e. The first-order valence-electron chi connectivity index (χ1n) is 8.78. The van der Waals surface area contributed by atoms with Crippen molar-refractivity contribution < 1.29 is 9.53 Å². The molecular formula is C22H17BrN2O2S. The number of amides is 1. The number of halogens is 1. The average Bonchev–Trinajstić information content (AvgIpc) is 3.07. The van der Waals surface area contributed by atoms with Crippen LogP contribution in [0, 0.1) is 0 Å². The molecule has 0 spiro atoms. The lowest BCUT2D eigenvalue weighted by Crippen LogP contribution is -2.16. The van der Waals surface area contributed by atoms with E-state index in [1.54, 1.807) is 17.5 Å². The Morgan fingerprint density at radius 1 is 1.07 bits per heavy atom. The van der Waals surface area contributed by atoms with Crippen molar-refractivity contribution in [1.82, 2.24) is 4.98 Å². The van der Waals surface area contributed by atoms with Gasteiger partial charge in [0, 0.05) is 16.1 Å². The van der Waals surface area contributed by atoms with Gasteiger partial charge in [-0.15, -0.1) is 11.3 Å². The molecule has 0 bridgehead atoms. The molecule has 0 aliphatic carbocycles. The van der Waals surface area contributed by atoms with Crippen LogP contribution in [0.1, 0.15) is 18.6 Å². The van der Waals surface area contributed by atoms with Crippen LogP contribution in [0.25, 0.3) is 20.7 Å². The van der Waals surface area contributed by atoms with Crippen LogP contribution < -0.4 is 5.32 Å². The summed E-state index contributed by atoms with van der Waals surface area (Å²) in [6.07, 6.45) is 0.919. The topological polar surface area (TPSA) is 51.2 Å². The Balaban J connectivity index is 1.64. The van der Waals surface area contributed by atoms with Crippen molar-refractivity contribution in [2.24, 2.45) is 0 Å². The van der Waals surface area contributed by atoms with Crippen molar-refractivity contribution >= 4 is 49.3 Å². The molecule has 0 aliphatic heterocycles. The van der Waals surface area contributed by atoms with Gasteiger partial charge in [-0.05, 0) is 42.3 Å². The Labute approximate surface area is 175 Å². The minimum Gasteiger partial charge on any atom is -0.441 e. The molecule has 6 heteroatoms. The Hall–Kier alpha value is -2.70. The number of nitrogens with zero attached hydrogens (tertiary/aromatic N) is 1. The fourth-order valence-electron chi connectivity index (χ4n) is 2.95. The van der Waals surface area contributed by atoms with E-state index in [-0.39, 0.29) is 6.10 Å². The molecule has 4 aromatic rings. The number of fused-ring (bicyclic) bond motifs is 1. The van der Waals surface area contributed by atoms with Gasteiger partial charge in [0.05, 0.1) is 10.6 Å². The lowest BCUT2D eigenvalue weighted by Gasteiger charge is -2.15. The third-order valence-corrected chi connectivity index (χ3v) is 6.04. The zero-order chi connectivity index (χ0) is 19.5. The van der Waals surface area contributed by atoms with E-state index in [1.807, 2.05) is 73.7 Å². The van der Waals surface area contributed by atoms with Crippen LogP contribution in [0.4, 0.5) is 10.5 Å². The zero-order valence-electron chi connectivity index (χ0n) is 15.1. The first-order valence-corrected chi connectivity index (χ1v) is 10.4. The van der Waals surface area contributed by atoms with Crippen molar-refractivity contribution in [3.8, 4) is 10.4 Å². The zero-order valence-corrected chi connectivity index (χ0v) is 17.5. The van der Waals surface area contributed by atoms with E-state index in [0.717, 1.165) is 36.4 Å². The minimum atomic E-state index is -0.488. The number of benzene rings is 2. The first kappa shape index (κ1) is 18.7. The molecule has 28 heavy (non-hydrogen) atoms. The van der Waals surface area contributed by atoms with E-state index < -0.39 is 6.09 Å². The van der Waals surface area contributed by atoms with E-state index in [2.05, 4.69) is 26.2 Å². The number of ether oxygens (including phenoxy) is 1. The summed E-state index contributed by atoms with van der Waals surface area (Å²) in [5.74, 6) is 0. The second kappa shape index (κ2) is 8.12. The van der Waals surface area contributed by atoms with Gasteiger partial charge in [0.25, 0.3) is 0 Å². The number of thiophene rings is 1. The molecule has 0 aliphatic rings. The SMILES string of the molecule is C[C@@H](OC(=O)Nc1c(-c2ccc(Br)cc2)sc2ncccc12)c1ccccc1. The maximum atomic E-state index is 12.6. The van der Waals surface area contributed by atoms with Crippen LogP contribution in [-0.4, -0.2) is 11.1 Å². The average molecular weight is 453 g/mol. The third kappa shape index (κ3) is 3.93. The third-order valence-electron chi connectivity index (χ3n) is 4.35. The van der Waals surface area contributed by atoms with Gasteiger partial charge in [-0.1, -0.05) is 58.4 Å². The van der Waals surface area contributed by atoms with E-state index >= 15 is 0 Å². The monoisotopic (exact) mass is 452 g/mol. The number of rotatable bonds is 4. The molecule has 1 atom stereocenters. The second-order valence-corrected chi connectivity index (χ2v) is 8.17. The highest BCUT2D eigenvalue weighted by Crippen LogP contribution is 2.42. The van der Waals surface area contributed by atoms with Gasteiger partial charge in [-0.3, -0.25) is 5.32 Å². The maximum Gasteiger partial charge on any atom is 0.412 e. The van der Waals surface area contributed by atoms with Crippen LogP contribution in [0.5, 0.6) is 0 Å². The fraction of sp³-hybridized carbons (Fsp3) is 0.0909. The summed E-state index contributed by atoms with van der Waals surface area (Å²) in [6.45, 7) is 1.86. The quantitative estimate of drug-likeness (QED) is 0.361. The Morgan fingerprint density at radius 2 is 1.82 bits per heavy atom. The molecule has 0 radical (unpaired) electrons. The van der Waals surface area contributed by atoms with Gasteiger partial charge in [0.1, 0.15) is 10.9 Å². The number of carbonyl (C=O) groups excluding carboxylic acids is 1. The van der Waals surface area contributed by atoms with Crippen molar-refractivity contribution in [1.29, 1.82) is 0 Å². The summed E-state index contributed by atoms with van der Waals surface area (Å²) in [5, 5.41) is 3.84. The minimum absolute atomic E-state index is 0.347. The predicted molar refractivity (Wildman–Crippen MR) is 118 cm³/mol. The van der Waals surface area contributed by atoms with E-state index in [9.17, 15) is 4.79 Å². The van der Waals surface area contributed by atoms with Gasteiger partial charge in [0.15, 0.2) is 0 Å². The molecule has 0 saturated carbocycles. The van der Waals surface area contributed by atoms with Crippen LogP contribution in [0.3, 0.4) is 0 Å². The molecule has 1 N–H and O–H groups in total. The number of anilines is 1. The highest BCUT2D eigenvalue weighted by molar-refractivity contribution is 9.10. The van der Waals surface area contributed by atoms with Crippen molar-refractivity contribution in [2.45, 2.75) is 13.0 Å². The summed E-state index contributed by atoms with van der Waals surface area (Å²) in [6, 6.07) is 21.5. The van der Waals surface area contributed by atoms with E-state index in [4.69, 9.17) is 4.74 Å². The second-order valence-electron chi connectivity index (χ2n) is 6.25. The van der Waals surface area contributed by atoms with Gasteiger partial charge >= 0.3 is 6.09 Å². The Bertz CT molecular complexity index is 1110. The van der Waals surface area contributed by atoms with Crippen molar-refractivity contribution in [3.05, 3.63) is 83.0 Å². The van der Waals surface area contributed by atoms with Gasteiger partial charge in [0.2, 0.25) is 0 Å². The molecule has 4 rings (SSSR count). The fourth-order valence-corrected chi connectivity index (χ4v) is 4.31. The summed E-state index contributed by atoms with van der Waals surface area (Å²) >= 11 is 5.01. The van der Waals surface area contributed by atoms with Crippen LogP contribution in [-0.2, 0) is 4.74 Å². The maximum absolute atomic E-state index is 12.6. The molecular weight excluding hydrogens is 436 g/mol. The van der Waals surface area contributed by atoms with Crippen LogP contribution in [0.2, 0.25) is 0 Å². The smallest absolute Gasteiger partial charge is 0.412 e. The highest BCUT2D eigenvalue weighted by Gasteiger charge is 2.19. The molecule has 140 valence electrons. The first-order chi connectivity index (χ1) is 13.6. The summed E-state index contributed by atoms with van der Waals surface area (Å²) in [5.41, 5.74) is 2.68. The van der Waals surface area contributed by atoms with Gasteiger partial charge < -0.3 is 4.74 Å². The molecule has 1 amide bonds. The molecule has 2 heterocycles. The standard InChI is InChI=1S/C22H17BrN2O2S/c1-14(15-6-3-2-4-7-15)27-22(26)25-19-18-8-5-13-24-21(18)28-20(19)16-9-11-17(23)12-10-16/h2-14H,1H3,(H,25,26)/t14-/m1/s1. The molecule has 4 nitrogen and oxygen atoms in total. The van der Waals surface area contributed by atoms with Gasteiger partial charge in [-0.2, -0.15) is 0 Å². The van der Waals surface area contributed by atoms with Crippen molar-refractivity contribution in [3.63, 3.8) is 0 Å². The number of pyridine rings is 1. The lowest BCUT2D eigenvalue weighted by atomic mass is 10.1. The number of carbonyl (C=O) groups is 1. The molecule has 0 unspecified atom stereocenters. The van der Waals surface area contributed by atoms with Crippen molar-refractivity contribution in [2.75, 3.05) is 5.32 Å². The summed E-state index contributed by atoms with van der Waals surface area (Å²) in [4.78, 5) is 18.9. The summed E-state index contributed by atoms with van der Waals surface area (Å²) < 4.78 is 6.60. The van der Waals surface area contributed by atoms with E-state index in [1.165, 1.54) is 0 Å². The van der Waals surface area contributed by atoms with Crippen LogP contribution in [0.15, 0.2) is 77.4 Å². The molecule has 0 saturated heterocycles. The van der Waals surface area contributed by atoms with Crippen LogP contribution >= 0.6 is 27.3 Å². The number of hydrogen-bond donors (Lipinski definition) is 1. The summed E-state index contributed by atoms with van der Waals surface area (Å²) in [7, 11) is 0. The normalized spacial score (nSPS) is 11.9. The number of nitrogens with one attached hydrogen (secondary N) is 1. The number of hydrogen-bond acceptors (Lipinski definition) is 4. The van der Waals surface area contributed by atoms with E-state index in [0.29, 0.717) is 0 Å². The molecule has 2 aromatic carbocycles. The number of aromatic nitrogens is 1. The molecule has 2 aromatic heterocycles. The predicted octanol–water partition coefficient (Wildman–Crippen LogP) is 7.04. The highest BCUT2D eigenvalue weighted by atomic mass is 79.9. The molecule has 0 fully saturated rings. The Kier molecular flexibility index (Phi) is 5.41. The Morgan fingerprint density at radius 3 is 2.57 bits per heavy atom. The lowest BCUT2D eigenvalue weighted by molar-refractivity contribution is 0.121.